The zero-order chi connectivity index (χ0) is 20.6. The molecular weight excluding hydrogens is 389 g/mol. The molecular formula is C18H20FN3O5S. The Bertz CT molecular complexity index is 919. The summed E-state index contributed by atoms with van der Waals surface area (Å²) in [6, 6.07) is 8.17. The van der Waals surface area contributed by atoms with Crippen molar-refractivity contribution in [3.63, 3.8) is 0 Å². The van der Waals surface area contributed by atoms with Crippen molar-refractivity contribution >= 4 is 15.9 Å². The quantitative estimate of drug-likeness (QED) is 0.204. The highest BCUT2D eigenvalue weighted by molar-refractivity contribution is 7.89. The van der Waals surface area contributed by atoms with Crippen molar-refractivity contribution < 1.29 is 27.5 Å². The van der Waals surface area contributed by atoms with Gasteiger partial charge < -0.3 is 4.74 Å². The molecule has 10 heteroatoms. The van der Waals surface area contributed by atoms with E-state index in [-0.39, 0.29) is 11.4 Å². The lowest BCUT2D eigenvalue weighted by Crippen LogP contribution is -2.39. The molecule has 1 aromatic heterocycles. The van der Waals surface area contributed by atoms with Crippen molar-refractivity contribution in [3.05, 3.63) is 66.8 Å². The average Bonchev–Trinajstić information content (AvgIpc) is 2.68. The van der Waals surface area contributed by atoms with Gasteiger partial charge in [0.1, 0.15) is 5.75 Å². The molecule has 2 N–H and O–H groups in total. The summed E-state index contributed by atoms with van der Waals surface area (Å²) in [6.45, 7) is 3.06. The number of nitrogens with one attached hydrogen (secondary N) is 1. The highest BCUT2D eigenvalue weighted by Crippen LogP contribution is 2.21. The van der Waals surface area contributed by atoms with Gasteiger partial charge in [0.25, 0.3) is 5.91 Å². The van der Waals surface area contributed by atoms with Gasteiger partial charge in [-0.25, -0.2) is 18.9 Å². The number of amides is 1. The van der Waals surface area contributed by atoms with Crippen LogP contribution < -0.4 is 10.2 Å². The smallest absolute Gasteiger partial charge is 0.258 e. The van der Waals surface area contributed by atoms with E-state index in [0.717, 1.165) is 10.4 Å². The molecule has 0 aliphatic heterocycles. The highest BCUT2D eigenvalue weighted by atomic mass is 32.2. The molecule has 8 nitrogen and oxygen atoms in total. The lowest BCUT2D eigenvalue weighted by atomic mass is 10.2. The van der Waals surface area contributed by atoms with Crippen LogP contribution in [0.5, 0.6) is 5.75 Å². The SMILES string of the molecule is C=CCCOc1ccc(S(=O)(=O)N(CC(=O)NO)Cc2ccnc(F)c2)cc1. The number of aromatic nitrogens is 1. The first-order valence-electron chi connectivity index (χ1n) is 8.24. The van der Waals surface area contributed by atoms with Crippen molar-refractivity contribution in [1.29, 1.82) is 0 Å². The monoisotopic (exact) mass is 409 g/mol. The lowest BCUT2D eigenvalue weighted by Gasteiger charge is -2.21. The van der Waals surface area contributed by atoms with Crippen LogP contribution in [-0.4, -0.2) is 42.0 Å². The molecule has 0 bridgehead atoms. The number of sulfonamides is 1. The van der Waals surface area contributed by atoms with Crippen molar-refractivity contribution in [3.8, 4) is 5.75 Å². The first-order chi connectivity index (χ1) is 13.4. The summed E-state index contributed by atoms with van der Waals surface area (Å²) < 4.78 is 45.5. The lowest BCUT2D eigenvalue weighted by molar-refractivity contribution is -0.129. The summed E-state index contributed by atoms with van der Waals surface area (Å²) in [5.41, 5.74) is 1.69. The minimum atomic E-state index is -4.11. The van der Waals surface area contributed by atoms with Crippen LogP contribution in [0.25, 0.3) is 0 Å². The molecule has 1 aromatic carbocycles. The van der Waals surface area contributed by atoms with E-state index >= 15 is 0 Å². The number of hydrogen-bond donors (Lipinski definition) is 2. The Balaban J connectivity index is 2.26. The fourth-order valence-corrected chi connectivity index (χ4v) is 3.67. The molecule has 0 unspecified atom stereocenters. The Hall–Kier alpha value is -2.82. The number of pyridine rings is 1. The second-order valence-corrected chi connectivity index (χ2v) is 7.63. The Kier molecular flexibility index (Phi) is 7.61. The number of hydroxylamine groups is 1. The van der Waals surface area contributed by atoms with Gasteiger partial charge in [-0.15, -0.1) is 6.58 Å². The van der Waals surface area contributed by atoms with Crippen LogP contribution in [0, 0.1) is 5.95 Å². The number of carbonyl (C=O) groups is 1. The predicted molar refractivity (Wildman–Crippen MR) is 98.5 cm³/mol. The average molecular weight is 409 g/mol. The molecule has 0 aliphatic rings. The topological polar surface area (TPSA) is 109 Å². The van der Waals surface area contributed by atoms with E-state index in [1.165, 1.54) is 42.0 Å². The first kappa shape index (κ1) is 21.5. The van der Waals surface area contributed by atoms with E-state index < -0.39 is 28.4 Å². The number of benzene rings is 1. The molecule has 0 fully saturated rings. The molecule has 1 heterocycles. The number of rotatable bonds is 10. The van der Waals surface area contributed by atoms with Crippen molar-refractivity contribution in [2.45, 2.75) is 17.9 Å². The van der Waals surface area contributed by atoms with Crippen molar-refractivity contribution in [2.24, 2.45) is 0 Å². The summed E-state index contributed by atoms with van der Waals surface area (Å²) in [6.07, 6.45) is 3.54. The Morgan fingerprint density at radius 2 is 2.04 bits per heavy atom. The van der Waals surface area contributed by atoms with E-state index in [9.17, 15) is 17.6 Å². The Morgan fingerprint density at radius 3 is 2.64 bits per heavy atom. The molecule has 0 saturated carbocycles. The van der Waals surface area contributed by atoms with Gasteiger partial charge in [-0.1, -0.05) is 6.08 Å². The summed E-state index contributed by atoms with van der Waals surface area (Å²) in [5, 5.41) is 8.75. The largest absolute Gasteiger partial charge is 0.493 e. The van der Waals surface area contributed by atoms with Gasteiger partial charge in [0.15, 0.2) is 0 Å². The van der Waals surface area contributed by atoms with E-state index in [0.29, 0.717) is 24.3 Å². The highest BCUT2D eigenvalue weighted by Gasteiger charge is 2.27. The molecule has 0 saturated heterocycles. The molecule has 2 rings (SSSR count). The van der Waals surface area contributed by atoms with Crippen LogP contribution in [0.4, 0.5) is 4.39 Å². The van der Waals surface area contributed by atoms with Gasteiger partial charge in [0, 0.05) is 12.7 Å². The molecule has 2 aromatic rings. The van der Waals surface area contributed by atoms with Gasteiger partial charge in [-0.3, -0.25) is 10.0 Å². The van der Waals surface area contributed by atoms with E-state index in [1.807, 2.05) is 0 Å². The van der Waals surface area contributed by atoms with Crippen molar-refractivity contribution in [1.82, 2.24) is 14.8 Å². The van der Waals surface area contributed by atoms with E-state index in [4.69, 9.17) is 9.94 Å². The van der Waals surface area contributed by atoms with Crippen LogP contribution in [0.15, 0.2) is 60.1 Å². The van der Waals surface area contributed by atoms with Crippen molar-refractivity contribution in [2.75, 3.05) is 13.2 Å². The van der Waals surface area contributed by atoms with Crippen LogP contribution in [0.3, 0.4) is 0 Å². The summed E-state index contributed by atoms with van der Waals surface area (Å²) >= 11 is 0. The third-order valence-corrected chi connectivity index (χ3v) is 5.45. The number of carbonyl (C=O) groups excluding carboxylic acids is 1. The Labute approximate surface area is 162 Å². The molecule has 0 spiro atoms. The zero-order valence-electron chi connectivity index (χ0n) is 14.9. The van der Waals surface area contributed by atoms with E-state index in [1.54, 1.807) is 6.08 Å². The predicted octanol–water partition coefficient (Wildman–Crippen LogP) is 1.87. The fraction of sp³-hybridized carbons (Fsp3) is 0.222. The molecule has 0 radical (unpaired) electrons. The third-order valence-electron chi connectivity index (χ3n) is 3.65. The maximum Gasteiger partial charge on any atom is 0.258 e. The van der Waals surface area contributed by atoms with Gasteiger partial charge in [-0.05, 0) is 48.4 Å². The van der Waals surface area contributed by atoms with E-state index in [2.05, 4.69) is 11.6 Å². The summed E-state index contributed by atoms with van der Waals surface area (Å²) in [4.78, 5) is 14.9. The third kappa shape index (κ3) is 5.84. The second kappa shape index (κ2) is 9.93. The minimum absolute atomic E-state index is 0.0798. The normalized spacial score (nSPS) is 11.2. The molecule has 0 atom stereocenters. The van der Waals surface area contributed by atoms with Crippen LogP contribution in [0.2, 0.25) is 0 Å². The number of ether oxygens (including phenoxy) is 1. The summed E-state index contributed by atoms with van der Waals surface area (Å²) in [5.74, 6) is -1.22. The zero-order valence-corrected chi connectivity index (χ0v) is 15.7. The van der Waals surface area contributed by atoms with Gasteiger partial charge in [0.2, 0.25) is 16.0 Å². The number of nitrogens with zero attached hydrogens (tertiary/aromatic N) is 2. The second-order valence-electron chi connectivity index (χ2n) is 5.69. The van der Waals surface area contributed by atoms with Gasteiger partial charge in [0.05, 0.1) is 18.0 Å². The van der Waals surface area contributed by atoms with Crippen LogP contribution in [-0.2, 0) is 21.4 Å². The standard InChI is InChI=1S/C18H20FN3O5S/c1-2-3-10-27-15-4-6-16(7-5-15)28(25,26)22(13-18(23)21-24)12-14-8-9-20-17(19)11-14/h2,4-9,11,24H,1,3,10,12-13H2,(H,21,23). The van der Waals surface area contributed by atoms with Gasteiger partial charge in [-0.2, -0.15) is 8.70 Å². The first-order valence-corrected chi connectivity index (χ1v) is 9.68. The van der Waals surface area contributed by atoms with Crippen LogP contribution >= 0.6 is 0 Å². The Morgan fingerprint density at radius 1 is 1.32 bits per heavy atom. The molecule has 150 valence electrons. The molecule has 28 heavy (non-hydrogen) atoms. The number of halogens is 1. The summed E-state index contributed by atoms with van der Waals surface area (Å²) in [7, 11) is -4.11. The van der Waals surface area contributed by atoms with Crippen LogP contribution in [0.1, 0.15) is 12.0 Å². The van der Waals surface area contributed by atoms with Gasteiger partial charge >= 0.3 is 0 Å². The number of hydrogen-bond acceptors (Lipinski definition) is 6. The fourth-order valence-electron chi connectivity index (χ4n) is 2.28. The molecule has 1 amide bonds. The minimum Gasteiger partial charge on any atom is -0.493 e. The maximum absolute atomic E-state index is 13.3. The molecule has 0 aliphatic carbocycles. The maximum atomic E-state index is 13.3.